The van der Waals surface area contributed by atoms with E-state index in [1.165, 1.54) is 25.3 Å². The van der Waals surface area contributed by atoms with Gasteiger partial charge < -0.3 is 4.74 Å². The van der Waals surface area contributed by atoms with Gasteiger partial charge in [0.1, 0.15) is 11.6 Å². The summed E-state index contributed by atoms with van der Waals surface area (Å²) in [5.74, 6) is -0.608. The Balaban J connectivity index is 2.59. The van der Waals surface area contributed by atoms with Crippen LogP contribution in [0.3, 0.4) is 0 Å². The molecule has 0 spiro atoms. The highest BCUT2D eigenvalue weighted by Gasteiger charge is 2.11. The minimum absolute atomic E-state index is 0.136. The molecule has 2 rings (SSSR count). The van der Waals surface area contributed by atoms with E-state index in [2.05, 4.69) is 14.7 Å². The van der Waals surface area contributed by atoms with Crippen LogP contribution in [0.15, 0.2) is 27.5 Å². The van der Waals surface area contributed by atoms with Crippen molar-refractivity contribution in [2.24, 2.45) is 0 Å². The average Bonchev–Trinajstić information content (AvgIpc) is 2.65. The lowest BCUT2D eigenvalue weighted by molar-refractivity contribution is 0.386. The summed E-state index contributed by atoms with van der Waals surface area (Å²) in [5.41, 5.74) is 0.336. The molecule has 78 valence electrons. The highest BCUT2D eigenvalue weighted by molar-refractivity contribution is 5.63. The summed E-state index contributed by atoms with van der Waals surface area (Å²) in [7, 11) is 1.44. The quantitative estimate of drug-likeness (QED) is 0.808. The molecule has 1 heterocycles. The number of aromatic nitrogens is 2. The number of halogens is 1. The van der Waals surface area contributed by atoms with E-state index in [0.717, 1.165) is 0 Å². The Morgan fingerprint density at radius 2 is 2.33 bits per heavy atom. The van der Waals surface area contributed by atoms with Crippen LogP contribution in [0.25, 0.3) is 11.4 Å². The van der Waals surface area contributed by atoms with Crippen molar-refractivity contribution in [1.82, 2.24) is 10.1 Å². The van der Waals surface area contributed by atoms with E-state index < -0.39 is 11.6 Å². The number of methoxy groups -OCH3 is 1. The lowest BCUT2D eigenvalue weighted by atomic mass is 10.2. The van der Waals surface area contributed by atoms with Crippen LogP contribution in [0, 0.1) is 5.82 Å². The Labute approximate surface area is 83.5 Å². The van der Waals surface area contributed by atoms with Gasteiger partial charge in [-0.1, -0.05) is 5.16 Å². The Morgan fingerprint density at radius 3 is 2.93 bits per heavy atom. The summed E-state index contributed by atoms with van der Waals surface area (Å²) in [6.07, 6.45) is 0. The Kier molecular flexibility index (Phi) is 2.24. The topological polar surface area (TPSA) is 68.1 Å². The largest absolute Gasteiger partial charge is 0.496 e. The maximum absolute atomic E-state index is 13.0. The predicted molar refractivity (Wildman–Crippen MR) is 49.1 cm³/mol. The number of benzene rings is 1. The number of hydrogen-bond donors (Lipinski definition) is 1. The molecule has 0 saturated carbocycles. The second-order valence-electron chi connectivity index (χ2n) is 2.79. The van der Waals surface area contributed by atoms with Gasteiger partial charge in [0.25, 0.3) is 0 Å². The van der Waals surface area contributed by atoms with Crippen LogP contribution < -0.4 is 10.5 Å². The van der Waals surface area contributed by atoms with E-state index in [-0.39, 0.29) is 5.82 Å². The number of H-pyrrole nitrogens is 1. The summed E-state index contributed by atoms with van der Waals surface area (Å²) in [6, 6.07) is 3.89. The van der Waals surface area contributed by atoms with Crippen molar-refractivity contribution in [3.63, 3.8) is 0 Å². The van der Waals surface area contributed by atoms with Crippen LogP contribution >= 0.6 is 0 Å². The van der Waals surface area contributed by atoms with Crippen LogP contribution in [-0.2, 0) is 0 Å². The van der Waals surface area contributed by atoms with Crippen molar-refractivity contribution in [3.8, 4) is 17.1 Å². The van der Waals surface area contributed by atoms with Gasteiger partial charge >= 0.3 is 5.76 Å². The second kappa shape index (κ2) is 3.56. The van der Waals surface area contributed by atoms with Gasteiger partial charge in [-0.3, -0.25) is 9.51 Å². The normalized spacial score (nSPS) is 10.3. The SMILES string of the molecule is COc1ccc(F)cc1-c1noc(=O)[nH]1. The molecule has 1 aromatic carbocycles. The number of hydrogen-bond acceptors (Lipinski definition) is 4. The summed E-state index contributed by atoms with van der Waals surface area (Å²) in [4.78, 5) is 13.0. The standard InChI is InChI=1S/C9H7FN2O3/c1-14-7-3-2-5(10)4-6(7)8-11-9(13)15-12-8/h2-4H,1H3,(H,11,12,13). The van der Waals surface area contributed by atoms with Gasteiger partial charge in [-0.15, -0.1) is 0 Å². The van der Waals surface area contributed by atoms with Gasteiger partial charge in [-0.25, -0.2) is 9.18 Å². The summed E-state index contributed by atoms with van der Waals surface area (Å²) >= 11 is 0. The van der Waals surface area contributed by atoms with Crippen LogP contribution in [0.4, 0.5) is 4.39 Å². The van der Waals surface area contributed by atoms with E-state index in [1.54, 1.807) is 0 Å². The van der Waals surface area contributed by atoms with Gasteiger partial charge in [0.2, 0.25) is 0 Å². The summed E-state index contributed by atoms with van der Waals surface area (Å²) in [6.45, 7) is 0. The fourth-order valence-corrected chi connectivity index (χ4v) is 1.21. The molecule has 1 N–H and O–H groups in total. The highest BCUT2D eigenvalue weighted by atomic mass is 19.1. The van der Waals surface area contributed by atoms with E-state index in [1.807, 2.05) is 0 Å². The Bertz CT molecular complexity index is 532. The lowest BCUT2D eigenvalue weighted by Crippen LogP contribution is -1.96. The van der Waals surface area contributed by atoms with Crippen molar-refractivity contribution in [3.05, 3.63) is 34.6 Å². The van der Waals surface area contributed by atoms with Crippen molar-refractivity contribution in [1.29, 1.82) is 0 Å². The van der Waals surface area contributed by atoms with Crippen molar-refractivity contribution in [2.75, 3.05) is 7.11 Å². The van der Waals surface area contributed by atoms with Gasteiger partial charge in [-0.05, 0) is 18.2 Å². The number of aromatic amines is 1. The number of nitrogens with zero attached hydrogens (tertiary/aromatic N) is 1. The second-order valence-corrected chi connectivity index (χ2v) is 2.79. The van der Waals surface area contributed by atoms with E-state index in [0.29, 0.717) is 11.3 Å². The maximum atomic E-state index is 13.0. The molecule has 2 aromatic rings. The monoisotopic (exact) mass is 210 g/mol. The minimum atomic E-state index is -0.698. The third-order valence-corrected chi connectivity index (χ3v) is 1.86. The molecular formula is C9H7FN2O3. The number of nitrogens with one attached hydrogen (secondary N) is 1. The van der Waals surface area contributed by atoms with E-state index in [9.17, 15) is 9.18 Å². The Morgan fingerprint density at radius 1 is 1.53 bits per heavy atom. The molecular weight excluding hydrogens is 203 g/mol. The molecule has 0 bridgehead atoms. The van der Waals surface area contributed by atoms with Crippen LogP contribution in [0.5, 0.6) is 5.75 Å². The fourth-order valence-electron chi connectivity index (χ4n) is 1.21. The molecule has 0 radical (unpaired) electrons. The molecule has 0 amide bonds. The molecule has 0 unspecified atom stereocenters. The number of rotatable bonds is 2. The smallest absolute Gasteiger partial charge is 0.439 e. The summed E-state index contributed by atoms with van der Waals surface area (Å²) < 4.78 is 22.3. The maximum Gasteiger partial charge on any atom is 0.439 e. The zero-order chi connectivity index (χ0) is 10.8. The van der Waals surface area contributed by atoms with Gasteiger partial charge in [0.05, 0.1) is 12.7 Å². The molecule has 5 nitrogen and oxygen atoms in total. The molecule has 1 aromatic heterocycles. The molecule has 0 atom stereocenters. The first-order valence-corrected chi connectivity index (χ1v) is 4.10. The van der Waals surface area contributed by atoms with Crippen molar-refractivity contribution >= 4 is 0 Å². The first-order valence-electron chi connectivity index (χ1n) is 4.10. The zero-order valence-corrected chi connectivity index (χ0v) is 7.78. The summed E-state index contributed by atoms with van der Waals surface area (Å²) in [5, 5.41) is 3.45. The molecule has 6 heteroatoms. The van der Waals surface area contributed by atoms with Crippen molar-refractivity contribution < 1.29 is 13.7 Å². The molecule has 0 aliphatic carbocycles. The first kappa shape index (κ1) is 9.45. The third kappa shape index (κ3) is 1.74. The lowest BCUT2D eigenvalue weighted by Gasteiger charge is -2.04. The Hall–Kier alpha value is -2.11. The third-order valence-electron chi connectivity index (χ3n) is 1.86. The predicted octanol–water partition coefficient (Wildman–Crippen LogP) is 1.18. The zero-order valence-electron chi connectivity index (χ0n) is 7.78. The van der Waals surface area contributed by atoms with Gasteiger partial charge in [0, 0.05) is 0 Å². The minimum Gasteiger partial charge on any atom is -0.496 e. The first-order chi connectivity index (χ1) is 7.20. The molecule has 0 saturated heterocycles. The number of ether oxygens (including phenoxy) is 1. The van der Waals surface area contributed by atoms with Crippen LogP contribution in [0.1, 0.15) is 0 Å². The van der Waals surface area contributed by atoms with Gasteiger partial charge in [0.15, 0.2) is 5.82 Å². The highest BCUT2D eigenvalue weighted by Crippen LogP contribution is 2.27. The van der Waals surface area contributed by atoms with E-state index >= 15 is 0 Å². The average molecular weight is 210 g/mol. The van der Waals surface area contributed by atoms with Gasteiger partial charge in [-0.2, -0.15) is 0 Å². The molecule has 15 heavy (non-hydrogen) atoms. The molecule has 0 fully saturated rings. The van der Waals surface area contributed by atoms with Crippen molar-refractivity contribution in [2.45, 2.75) is 0 Å². The molecule has 0 aliphatic rings. The van der Waals surface area contributed by atoms with Crippen LogP contribution in [-0.4, -0.2) is 17.3 Å². The van der Waals surface area contributed by atoms with Crippen LogP contribution in [0.2, 0.25) is 0 Å². The molecule has 0 aliphatic heterocycles. The van der Waals surface area contributed by atoms with E-state index in [4.69, 9.17) is 4.74 Å². The fraction of sp³-hybridized carbons (Fsp3) is 0.111.